The molecule has 2 N–H and O–H groups in total. The predicted molar refractivity (Wildman–Crippen MR) is 106 cm³/mol. The van der Waals surface area contributed by atoms with Crippen LogP contribution in [0.15, 0.2) is 57.7 Å². The van der Waals surface area contributed by atoms with Crippen LogP contribution in [-0.2, 0) is 4.79 Å². The van der Waals surface area contributed by atoms with E-state index in [1.165, 1.54) is 18.2 Å². The Hall–Kier alpha value is -3.19. The fourth-order valence-corrected chi connectivity index (χ4v) is 3.40. The number of halogens is 1. The first-order valence-corrected chi connectivity index (χ1v) is 9.20. The smallest absolute Gasteiger partial charge is 0.338 e. The lowest BCUT2D eigenvalue weighted by atomic mass is 10.2. The summed E-state index contributed by atoms with van der Waals surface area (Å²) >= 11 is 0. The highest BCUT2D eigenvalue weighted by Gasteiger charge is 2.16. The number of fused-ring (bicyclic) bond motifs is 1. The SMILES string of the molecule is O=C(CN1CCCC1)Nc1ccc(Nc2cc(=O)oc3ccccc23)cc1F. The van der Waals surface area contributed by atoms with Crippen LogP contribution in [0.2, 0.25) is 0 Å². The molecule has 1 fully saturated rings. The lowest BCUT2D eigenvalue weighted by Crippen LogP contribution is -2.31. The van der Waals surface area contributed by atoms with Crippen LogP contribution < -0.4 is 16.3 Å². The molecule has 1 amide bonds. The van der Waals surface area contributed by atoms with Crippen molar-refractivity contribution in [3.63, 3.8) is 0 Å². The molecule has 0 saturated carbocycles. The van der Waals surface area contributed by atoms with Crippen molar-refractivity contribution in [3.8, 4) is 0 Å². The molecule has 1 aliphatic rings. The molecule has 1 saturated heterocycles. The normalized spacial score (nSPS) is 14.3. The van der Waals surface area contributed by atoms with Crippen LogP contribution >= 0.6 is 0 Å². The summed E-state index contributed by atoms with van der Waals surface area (Å²) in [5.74, 6) is -0.778. The number of rotatable bonds is 5. The molecule has 144 valence electrons. The lowest BCUT2D eigenvalue weighted by Gasteiger charge is -2.15. The van der Waals surface area contributed by atoms with E-state index in [0.717, 1.165) is 25.9 Å². The Labute approximate surface area is 161 Å². The van der Waals surface area contributed by atoms with Crippen molar-refractivity contribution in [2.45, 2.75) is 12.8 Å². The van der Waals surface area contributed by atoms with E-state index in [9.17, 15) is 14.0 Å². The minimum absolute atomic E-state index is 0.132. The van der Waals surface area contributed by atoms with Crippen molar-refractivity contribution in [2.24, 2.45) is 0 Å². The van der Waals surface area contributed by atoms with E-state index in [2.05, 4.69) is 15.5 Å². The van der Waals surface area contributed by atoms with Gasteiger partial charge in [-0.15, -0.1) is 0 Å². The van der Waals surface area contributed by atoms with Crippen LogP contribution in [-0.4, -0.2) is 30.4 Å². The largest absolute Gasteiger partial charge is 0.423 e. The number of likely N-dealkylation sites (tertiary alicyclic amines) is 1. The molecule has 0 unspecified atom stereocenters. The minimum Gasteiger partial charge on any atom is -0.423 e. The third-order valence-electron chi connectivity index (χ3n) is 4.74. The first kappa shape index (κ1) is 18.2. The molecule has 0 spiro atoms. The summed E-state index contributed by atoms with van der Waals surface area (Å²) < 4.78 is 19.6. The monoisotopic (exact) mass is 381 g/mol. The number of nitrogens with one attached hydrogen (secondary N) is 2. The van der Waals surface area contributed by atoms with E-state index < -0.39 is 11.4 Å². The standard InChI is InChI=1S/C21H20FN3O3/c22-16-11-14(7-8-17(16)24-20(26)13-25-9-3-4-10-25)23-18-12-21(27)28-19-6-2-1-5-15(18)19/h1-2,5-8,11-12,23H,3-4,9-10,13H2,(H,24,26). The molecular formula is C21H20FN3O3. The quantitative estimate of drug-likeness (QED) is 0.659. The van der Waals surface area contributed by atoms with Gasteiger partial charge in [0.25, 0.3) is 0 Å². The molecule has 28 heavy (non-hydrogen) atoms. The van der Waals surface area contributed by atoms with E-state index in [4.69, 9.17) is 4.42 Å². The van der Waals surface area contributed by atoms with Crippen LogP contribution in [0.5, 0.6) is 0 Å². The zero-order valence-corrected chi connectivity index (χ0v) is 15.2. The molecule has 0 radical (unpaired) electrons. The Morgan fingerprint density at radius 2 is 1.86 bits per heavy atom. The molecule has 0 atom stereocenters. The van der Waals surface area contributed by atoms with Gasteiger partial charge in [0, 0.05) is 17.1 Å². The summed E-state index contributed by atoms with van der Waals surface area (Å²) in [5.41, 5.74) is 1.08. The number of carbonyl (C=O) groups is 1. The topological polar surface area (TPSA) is 74.6 Å². The number of hydrogen-bond acceptors (Lipinski definition) is 5. The number of anilines is 3. The predicted octanol–water partition coefficient (Wildman–Crippen LogP) is 3.71. The maximum absolute atomic E-state index is 14.5. The number of para-hydroxylation sites is 1. The van der Waals surface area contributed by atoms with Crippen molar-refractivity contribution < 1.29 is 13.6 Å². The van der Waals surface area contributed by atoms with Gasteiger partial charge in [-0.25, -0.2) is 9.18 Å². The molecule has 3 aromatic rings. The number of carbonyl (C=O) groups excluding carboxylic acids is 1. The van der Waals surface area contributed by atoms with Crippen molar-refractivity contribution in [2.75, 3.05) is 30.3 Å². The fraction of sp³-hybridized carbons (Fsp3) is 0.238. The van der Waals surface area contributed by atoms with Gasteiger partial charge in [0.15, 0.2) is 0 Å². The van der Waals surface area contributed by atoms with Gasteiger partial charge in [-0.2, -0.15) is 0 Å². The summed E-state index contributed by atoms with van der Waals surface area (Å²) in [6, 6.07) is 12.9. The lowest BCUT2D eigenvalue weighted by molar-refractivity contribution is -0.117. The van der Waals surface area contributed by atoms with Crippen LogP contribution in [0, 0.1) is 5.82 Å². The molecule has 2 heterocycles. The number of hydrogen-bond donors (Lipinski definition) is 2. The highest BCUT2D eigenvalue weighted by Crippen LogP contribution is 2.27. The molecule has 1 aliphatic heterocycles. The fourth-order valence-electron chi connectivity index (χ4n) is 3.40. The number of benzene rings is 2. The Bertz CT molecular complexity index is 1070. The van der Waals surface area contributed by atoms with Gasteiger partial charge in [0.2, 0.25) is 5.91 Å². The molecule has 2 aromatic carbocycles. The van der Waals surface area contributed by atoms with Gasteiger partial charge >= 0.3 is 5.63 Å². The number of nitrogens with zero attached hydrogens (tertiary/aromatic N) is 1. The van der Waals surface area contributed by atoms with Crippen LogP contribution in [0.25, 0.3) is 11.0 Å². The Kier molecular flexibility index (Phi) is 5.08. The van der Waals surface area contributed by atoms with Crippen LogP contribution in [0.3, 0.4) is 0 Å². The van der Waals surface area contributed by atoms with E-state index in [1.807, 2.05) is 12.1 Å². The average Bonchev–Trinajstić information content (AvgIpc) is 3.17. The second-order valence-corrected chi connectivity index (χ2v) is 6.83. The van der Waals surface area contributed by atoms with Crippen molar-refractivity contribution in [3.05, 3.63) is 64.8 Å². The molecule has 0 aliphatic carbocycles. The van der Waals surface area contributed by atoms with E-state index in [-0.39, 0.29) is 18.1 Å². The van der Waals surface area contributed by atoms with Gasteiger partial charge < -0.3 is 15.1 Å². The molecule has 4 rings (SSSR count). The molecule has 6 nitrogen and oxygen atoms in total. The maximum Gasteiger partial charge on any atom is 0.338 e. The number of amides is 1. The Morgan fingerprint density at radius 1 is 1.07 bits per heavy atom. The van der Waals surface area contributed by atoms with Crippen LogP contribution in [0.1, 0.15) is 12.8 Å². The van der Waals surface area contributed by atoms with Crippen molar-refractivity contribution in [1.82, 2.24) is 4.90 Å². The maximum atomic E-state index is 14.5. The third kappa shape index (κ3) is 4.04. The third-order valence-corrected chi connectivity index (χ3v) is 4.74. The molecule has 0 bridgehead atoms. The van der Waals surface area contributed by atoms with E-state index in [0.29, 0.717) is 22.3 Å². The van der Waals surface area contributed by atoms with Gasteiger partial charge in [0.05, 0.1) is 17.9 Å². The Morgan fingerprint density at radius 3 is 2.64 bits per heavy atom. The van der Waals surface area contributed by atoms with E-state index >= 15 is 0 Å². The minimum atomic E-state index is -0.549. The molecule has 1 aromatic heterocycles. The van der Waals surface area contributed by atoms with Crippen molar-refractivity contribution >= 4 is 33.9 Å². The zero-order valence-electron chi connectivity index (χ0n) is 15.2. The highest BCUT2D eigenvalue weighted by molar-refractivity contribution is 5.93. The summed E-state index contributed by atoms with van der Waals surface area (Å²) in [4.78, 5) is 25.9. The average molecular weight is 381 g/mol. The zero-order chi connectivity index (χ0) is 19.5. The second kappa shape index (κ2) is 7.82. The Balaban J connectivity index is 1.50. The second-order valence-electron chi connectivity index (χ2n) is 6.83. The molecular weight excluding hydrogens is 361 g/mol. The summed E-state index contributed by atoms with van der Waals surface area (Å²) in [6.07, 6.45) is 2.18. The molecule has 7 heteroatoms. The first-order valence-electron chi connectivity index (χ1n) is 9.20. The first-order chi connectivity index (χ1) is 13.6. The van der Waals surface area contributed by atoms with Gasteiger partial charge in [0.1, 0.15) is 11.4 Å². The van der Waals surface area contributed by atoms with Crippen LogP contribution in [0.4, 0.5) is 21.5 Å². The van der Waals surface area contributed by atoms with E-state index in [1.54, 1.807) is 18.2 Å². The highest BCUT2D eigenvalue weighted by atomic mass is 19.1. The van der Waals surface area contributed by atoms with Crippen molar-refractivity contribution in [1.29, 1.82) is 0 Å². The summed E-state index contributed by atoms with van der Waals surface area (Å²) in [5, 5.41) is 6.38. The summed E-state index contributed by atoms with van der Waals surface area (Å²) in [6.45, 7) is 2.07. The van der Waals surface area contributed by atoms with Gasteiger partial charge in [-0.3, -0.25) is 9.69 Å². The van der Waals surface area contributed by atoms with Gasteiger partial charge in [-0.1, -0.05) is 12.1 Å². The summed E-state index contributed by atoms with van der Waals surface area (Å²) in [7, 11) is 0. The van der Waals surface area contributed by atoms with Gasteiger partial charge in [-0.05, 0) is 56.3 Å².